The van der Waals surface area contributed by atoms with Gasteiger partial charge in [-0.15, -0.1) is 0 Å². The van der Waals surface area contributed by atoms with Crippen LogP contribution in [0.15, 0.2) is 12.7 Å². The van der Waals surface area contributed by atoms with Crippen molar-refractivity contribution < 1.29 is 58.6 Å². The van der Waals surface area contributed by atoms with Crippen molar-refractivity contribution in [2.45, 2.75) is 23.9 Å². The standard InChI is InChI=1S/C10H5F9O4/c1-2-3-23-6(22)7(11,10(17,18)19)4(20)8(12,13)5(21)9(14,15)16/h2H,1,3H2. The Morgan fingerprint density at radius 2 is 1.30 bits per heavy atom. The van der Waals surface area contributed by atoms with Crippen LogP contribution in [0.25, 0.3) is 0 Å². The van der Waals surface area contributed by atoms with Crippen molar-refractivity contribution in [3.8, 4) is 0 Å². The first-order valence-corrected chi connectivity index (χ1v) is 5.12. The first-order chi connectivity index (χ1) is 10.0. The molecule has 0 radical (unpaired) electrons. The van der Waals surface area contributed by atoms with E-state index in [1.165, 1.54) is 0 Å². The monoisotopic (exact) mass is 360 g/mol. The molecule has 0 aliphatic rings. The molecule has 0 aliphatic heterocycles. The molecule has 0 amide bonds. The highest BCUT2D eigenvalue weighted by Crippen LogP contribution is 2.42. The maximum atomic E-state index is 13.7. The maximum absolute atomic E-state index is 13.7. The zero-order valence-electron chi connectivity index (χ0n) is 10.5. The van der Waals surface area contributed by atoms with Gasteiger partial charge in [-0.05, 0) is 0 Å². The number of hydrogen-bond donors (Lipinski definition) is 0. The number of carbonyl (C=O) groups excluding carboxylic acids is 3. The van der Waals surface area contributed by atoms with Gasteiger partial charge in [0.1, 0.15) is 6.61 Å². The molecule has 0 fully saturated rings. The Labute approximate surface area is 120 Å². The van der Waals surface area contributed by atoms with Crippen LogP contribution in [0.4, 0.5) is 39.5 Å². The smallest absolute Gasteiger partial charge is 0.456 e. The molecule has 0 aromatic rings. The zero-order valence-corrected chi connectivity index (χ0v) is 10.5. The van der Waals surface area contributed by atoms with Crippen molar-refractivity contribution >= 4 is 17.5 Å². The number of esters is 1. The van der Waals surface area contributed by atoms with Crippen LogP contribution in [0.1, 0.15) is 0 Å². The van der Waals surface area contributed by atoms with E-state index < -0.39 is 48.1 Å². The summed E-state index contributed by atoms with van der Waals surface area (Å²) in [5.74, 6) is -18.3. The van der Waals surface area contributed by atoms with Gasteiger partial charge in [0, 0.05) is 0 Å². The number of carbonyl (C=O) groups is 3. The number of ketones is 2. The van der Waals surface area contributed by atoms with Gasteiger partial charge in [-0.1, -0.05) is 12.7 Å². The third-order valence-electron chi connectivity index (χ3n) is 2.14. The van der Waals surface area contributed by atoms with Crippen molar-refractivity contribution in [3.63, 3.8) is 0 Å². The number of rotatable bonds is 6. The molecule has 132 valence electrons. The second-order valence-corrected chi connectivity index (χ2v) is 3.77. The molecule has 13 heteroatoms. The van der Waals surface area contributed by atoms with Crippen LogP contribution < -0.4 is 0 Å². The fraction of sp³-hybridized carbons (Fsp3) is 0.500. The van der Waals surface area contributed by atoms with Crippen molar-refractivity contribution in [3.05, 3.63) is 12.7 Å². The van der Waals surface area contributed by atoms with Crippen LogP contribution in [0.2, 0.25) is 0 Å². The lowest BCUT2D eigenvalue weighted by molar-refractivity contribution is -0.243. The van der Waals surface area contributed by atoms with Gasteiger partial charge in [0.15, 0.2) is 0 Å². The van der Waals surface area contributed by atoms with Crippen molar-refractivity contribution in [1.29, 1.82) is 0 Å². The molecule has 0 aromatic carbocycles. The topological polar surface area (TPSA) is 60.4 Å². The van der Waals surface area contributed by atoms with E-state index in [0.29, 0.717) is 6.08 Å². The van der Waals surface area contributed by atoms with E-state index in [9.17, 15) is 53.9 Å². The Balaban J connectivity index is 6.04. The maximum Gasteiger partial charge on any atom is 0.456 e. The highest BCUT2D eigenvalue weighted by Gasteiger charge is 2.77. The first kappa shape index (κ1) is 20.9. The van der Waals surface area contributed by atoms with Crippen LogP contribution in [0.3, 0.4) is 0 Å². The van der Waals surface area contributed by atoms with Gasteiger partial charge in [0.05, 0.1) is 0 Å². The van der Waals surface area contributed by atoms with Gasteiger partial charge >= 0.3 is 35.7 Å². The van der Waals surface area contributed by atoms with Gasteiger partial charge in [0.25, 0.3) is 5.78 Å². The minimum absolute atomic E-state index is 0.554. The fourth-order valence-electron chi connectivity index (χ4n) is 1.07. The van der Waals surface area contributed by atoms with Crippen LogP contribution in [0, 0.1) is 0 Å². The Morgan fingerprint density at radius 1 is 0.870 bits per heavy atom. The summed E-state index contributed by atoms with van der Waals surface area (Å²) in [5.41, 5.74) is -6.18. The number of Topliss-reactive ketones (excluding diaryl/α,β-unsaturated/α-hetero) is 2. The molecule has 1 atom stereocenters. The Morgan fingerprint density at radius 3 is 1.61 bits per heavy atom. The highest BCUT2D eigenvalue weighted by molar-refractivity contribution is 6.21. The predicted molar refractivity (Wildman–Crippen MR) is 52.1 cm³/mol. The number of hydrogen-bond acceptors (Lipinski definition) is 4. The Hall–Kier alpha value is -2.08. The van der Waals surface area contributed by atoms with Gasteiger partial charge < -0.3 is 4.74 Å². The molecule has 23 heavy (non-hydrogen) atoms. The summed E-state index contributed by atoms with van der Waals surface area (Å²) in [6, 6.07) is 0. The lowest BCUT2D eigenvalue weighted by Gasteiger charge is -2.27. The first-order valence-electron chi connectivity index (χ1n) is 5.12. The van der Waals surface area contributed by atoms with Crippen molar-refractivity contribution in [2.24, 2.45) is 0 Å². The summed E-state index contributed by atoms with van der Waals surface area (Å²) in [7, 11) is 0. The minimum Gasteiger partial charge on any atom is -0.458 e. The van der Waals surface area contributed by atoms with Gasteiger partial charge in [-0.2, -0.15) is 35.1 Å². The molecule has 1 unspecified atom stereocenters. The highest BCUT2D eigenvalue weighted by atomic mass is 19.4. The normalized spacial score (nSPS) is 15.5. The SMILES string of the molecule is C=CCOC(=O)C(F)(C(=O)C(F)(F)C(=O)C(F)(F)F)C(F)(F)F. The molecule has 0 saturated heterocycles. The van der Waals surface area contributed by atoms with Crippen molar-refractivity contribution in [1.82, 2.24) is 0 Å². The van der Waals surface area contributed by atoms with E-state index >= 15 is 0 Å². The Kier molecular flexibility index (Phi) is 5.64. The molecule has 0 bridgehead atoms. The van der Waals surface area contributed by atoms with E-state index in [2.05, 4.69) is 11.3 Å². The van der Waals surface area contributed by atoms with Gasteiger partial charge in [-0.25, -0.2) is 9.18 Å². The van der Waals surface area contributed by atoms with Crippen LogP contribution in [-0.2, 0) is 19.1 Å². The summed E-state index contributed by atoms with van der Waals surface area (Å²) in [4.78, 5) is 32.2. The third-order valence-corrected chi connectivity index (χ3v) is 2.14. The van der Waals surface area contributed by atoms with E-state index in [1.54, 1.807) is 0 Å². The summed E-state index contributed by atoms with van der Waals surface area (Å²) in [6.45, 7) is 1.64. The quantitative estimate of drug-likeness (QED) is 0.316. The second kappa shape index (κ2) is 6.20. The number of alkyl halides is 9. The lowest BCUT2D eigenvalue weighted by Crippen LogP contribution is -2.63. The van der Waals surface area contributed by atoms with E-state index in [1.807, 2.05) is 0 Å². The summed E-state index contributed by atoms with van der Waals surface area (Å²) >= 11 is 0. The van der Waals surface area contributed by atoms with Gasteiger partial charge in [0.2, 0.25) is 0 Å². The average Bonchev–Trinajstić information content (AvgIpc) is 2.39. The second-order valence-electron chi connectivity index (χ2n) is 3.77. The van der Waals surface area contributed by atoms with E-state index in [4.69, 9.17) is 0 Å². The number of ether oxygens (including phenoxy) is 1. The summed E-state index contributed by atoms with van der Waals surface area (Å²) in [5, 5.41) is 0. The summed E-state index contributed by atoms with van der Waals surface area (Å²) in [6.07, 6.45) is -12.6. The molecule has 4 nitrogen and oxygen atoms in total. The third kappa shape index (κ3) is 3.82. The van der Waals surface area contributed by atoms with E-state index in [-0.39, 0.29) is 0 Å². The van der Waals surface area contributed by atoms with Crippen LogP contribution >= 0.6 is 0 Å². The van der Waals surface area contributed by atoms with Crippen LogP contribution in [0.5, 0.6) is 0 Å². The average molecular weight is 360 g/mol. The fourth-order valence-corrected chi connectivity index (χ4v) is 1.07. The minimum atomic E-state index is -6.71. The molecule has 0 aliphatic carbocycles. The molecular weight excluding hydrogens is 355 g/mol. The zero-order chi connectivity index (χ0) is 18.9. The Bertz CT molecular complexity index is 519. The summed E-state index contributed by atoms with van der Waals surface area (Å²) < 4.78 is 116. The van der Waals surface area contributed by atoms with Gasteiger partial charge in [-0.3, -0.25) is 9.59 Å². The van der Waals surface area contributed by atoms with E-state index in [0.717, 1.165) is 0 Å². The molecule has 0 aromatic heterocycles. The van der Waals surface area contributed by atoms with Crippen LogP contribution in [-0.4, -0.2) is 48.1 Å². The number of halogens is 9. The van der Waals surface area contributed by atoms with Crippen molar-refractivity contribution in [2.75, 3.05) is 6.61 Å². The molecule has 0 heterocycles. The molecule has 0 spiro atoms. The molecule has 0 N–H and O–H groups in total. The molecule has 0 rings (SSSR count). The lowest BCUT2D eigenvalue weighted by atomic mass is 9.92. The predicted octanol–water partition coefficient (Wildman–Crippen LogP) is 2.32. The largest absolute Gasteiger partial charge is 0.458 e. The molecule has 0 saturated carbocycles. The molecular formula is C10H5F9O4.